The number of aromatic carboxylic acids is 1. The van der Waals surface area contributed by atoms with E-state index >= 15 is 0 Å². The van der Waals surface area contributed by atoms with Crippen LogP contribution in [0.15, 0.2) is 18.3 Å². The van der Waals surface area contributed by atoms with Gasteiger partial charge in [0.1, 0.15) is 5.69 Å². The Labute approximate surface area is 118 Å². The van der Waals surface area contributed by atoms with Crippen LogP contribution in [0.1, 0.15) is 33.7 Å². The number of amides is 1. The maximum atomic E-state index is 12.3. The molecule has 1 aliphatic rings. The first-order chi connectivity index (χ1) is 9.50. The lowest BCUT2D eigenvalue weighted by atomic mass is 10.1. The van der Waals surface area contributed by atoms with Crippen LogP contribution in [0.4, 0.5) is 0 Å². The molecule has 1 unspecified atom stereocenters. The number of carbonyl (C=O) groups excluding carboxylic acids is 1. The first kappa shape index (κ1) is 14.5. The average Bonchev–Trinajstić information content (AvgIpc) is 2.83. The molecule has 2 rings (SSSR count). The van der Waals surface area contributed by atoms with Crippen molar-refractivity contribution in [1.29, 1.82) is 0 Å². The van der Waals surface area contributed by atoms with E-state index < -0.39 is 5.97 Å². The molecule has 1 N–H and O–H groups in total. The molecule has 0 aliphatic carbocycles. The lowest BCUT2D eigenvalue weighted by Gasteiger charge is -2.25. The monoisotopic (exact) mass is 277 g/mol. The Morgan fingerprint density at radius 3 is 2.90 bits per heavy atom. The van der Waals surface area contributed by atoms with E-state index in [2.05, 4.69) is 9.88 Å². The molecule has 1 atom stereocenters. The third-order valence-electron chi connectivity index (χ3n) is 3.74. The number of pyridine rings is 1. The van der Waals surface area contributed by atoms with Gasteiger partial charge in [-0.05, 0) is 38.6 Å². The normalized spacial score (nSPS) is 19.0. The van der Waals surface area contributed by atoms with E-state index in [4.69, 9.17) is 5.11 Å². The van der Waals surface area contributed by atoms with Gasteiger partial charge in [0.05, 0.1) is 5.56 Å². The molecule has 6 nitrogen and oxygen atoms in total. The highest BCUT2D eigenvalue weighted by Crippen LogP contribution is 2.16. The van der Waals surface area contributed by atoms with E-state index in [1.54, 1.807) is 11.9 Å². The van der Waals surface area contributed by atoms with Crippen LogP contribution in [-0.2, 0) is 0 Å². The Hall–Kier alpha value is -1.95. The van der Waals surface area contributed by atoms with Gasteiger partial charge in [0.25, 0.3) is 5.91 Å². The van der Waals surface area contributed by atoms with Gasteiger partial charge >= 0.3 is 5.97 Å². The first-order valence-electron chi connectivity index (χ1n) is 6.64. The van der Waals surface area contributed by atoms with Crippen molar-refractivity contribution >= 4 is 11.9 Å². The van der Waals surface area contributed by atoms with Crippen molar-refractivity contribution in [1.82, 2.24) is 14.8 Å². The van der Waals surface area contributed by atoms with Crippen molar-refractivity contribution < 1.29 is 14.7 Å². The molecule has 0 aromatic carbocycles. The van der Waals surface area contributed by atoms with Gasteiger partial charge in [-0.3, -0.25) is 9.78 Å². The van der Waals surface area contributed by atoms with Crippen molar-refractivity contribution in [2.24, 2.45) is 0 Å². The van der Waals surface area contributed by atoms with E-state index in [-0.39, 0.29) is 17.2 Å². The highest BCUT2D eigenvalue weighted by atomic mass is 16.4. The first-order valence-corrected chi connectivity index (χ1v) is 6.64. The summed E-state index contributed by atoms with van der Waals surface area (Å²) in [5, 5.41) is 9.10. The van der Waals surface area contributed by atoms with E-state index in [9.17, 15) is 9.59 Å². The number of nitrogens with zero attached hydrogens (tertiary/aromatic N) is 3. The minimum atomic E-state index is -1.13. The fraction of sp³-hybridized carbons (Fsp3) is 0.500. The topological polar surface area (TPSA) is 73.7 Å². The number of carboxylic acid groups (broad SMARTS) is 1. The lowest BCUT2D eigenvalue weighted by molar-refractivity contribution is 0.0674. The largest absolute Gasteiger partial charge is 0.478 e. The van der Waals surface area contributed by atoms with E-state index in [0.29, 0.717) is 12.6 Å². The molecule has 1 fully saturated rings. The predicted octanol–water partition coefficient (Wildman–Crippen LogP) is 0.946. The number of hydrogen-bond donors (Lipinski definition) is 1. The Morgan fingerprint density at radius 1 is 1.55 bits per heavy atom. The Bertz CT molecular complexity index is 518. The smallest absolute Gasteiger partial charge is 0.338 e. The molecule has 1 saturated heterocycles. The van der Waals surface area contributed by atoms with Crippen LogP contribution in [0.25, 0.3) is 0 Å². The number of carbonyl (C=O) groups is 2. The molecule has 0 radical (unpaired) electrons. The van der Waals surface area contributed by atoms with Crippen LogP contribution in [0.3, 0.4) is 0 Å². The average molecular weight is 277 g/mol. The summed E-state index contributed by atoms with van der Waals surface area (Å²) >= 11 is 0. The Morgan fingerprint density at radius 2 is 2.30 bits per heavy atom. The fourth-order valence-corrected chi connectivity index (χ4v) is 2.54. The molecule has 1 aromatic rings. The van der Waals surface area contributed by atoms with E-state index in [1.807, 2.05) is 7.05 Å². The van der Waals surface area contributed by atoms with Crippen molar-refractivity contribution in [3.8, 4) is 0 Å². The summed E-state index contributed by atoms with van der Waals surface area (Å²) in [6, 6.07) is 3.25. The molecular weight excluding hydrogens is 258 g/mol. The molecule has 6 heteroatoms. The van der Waals surface area contributed by atoms with E-state index in [1.165, 1.54) is 18.3 Å². The molecule has 0 spiro atoms. The zero-order valence-electron chi connectivity index (χ0n) is 11.7. The van der Waals surface area contributed by atoms with Crippen molar-refractivity contribution in [3.05, 3.63) is 29.6 Å². The van der Waals surface area contributed by atoms with E-state index in [0.717, 1.165) is 19.4 Å². The molecule has 108 valence electrons. The number of hydrogen-bond acceptors (Lipinski definition) is 4. The quantitative estimate of drug-likeness (QED) is 0.887. The summed E-state index contributed by atoms with van der Waals surface area (Å²) < 4.78 is 0. The van der Waals surface area contributed by atoms with Crippen LogP contribution in [0, 0.1) is 0 Å². The molecule has 2 heterocycles. The molecule has 1 amide bonds. The summed E-state index contributed by atoms with van der Waals surface area (Å²) in [4.78, 5) is 31.2. The van der Waals surface area contributed by atoms with Crippen molar-refractivity contribution in [3.63, 3.8) is 0 Å². The maximum absolute atomic E-state index is 12.3. The summed E-state index contributed by atoms with van der Waals surface area (Å²) in [6.45, 7) is 1.63. The summed E-state index contributed by atoms with van der Waals surface area (Å²) in [7, 11) is 3.73. The number of carboxylic acids is 1. The van der Waals surface area contributed by atoms with Gasteiger partial charge in [0.15, 0.2) is 0 Å². The summed E-state index contributed by atoms with van der Waals surface area (Å²) in [6.07, 6.45) is 3.63. The third-order valence-corrected chi connectivity index (χ3v) is 3.74. The SMILES string of the molecule is CN(CC1CCCN1C)C(=O)c1ncccc1C(=O)O. The second-order valence-corrected chi connectivity index (χ2v) is 5.17. The Kier molecular flexibility index (Phi) is 4.34. The molecule has 0 saturated carbocycles. The number of rotatable bonds is 4. The van der Waals surface area contributed by atoms with Crippen LogP contribution >= 0.6 is 0 Å². The zero-order valence-corrected chi connectivity index (χ0v) is 11.7. The Balaban J connectivity index is 2.12. The zero-order chi connectivity index (χ0) is 14.7. The van der Waals surface area contributed by atoms with Crippen molar-refractivity contribution in [2.75, 3.05) is 27.2 Å². The summed E-state index contributed by atoms with van der Waals surface area (Å²) in [5.74, 6) is -1.48. The minimum absolute atomic E-state index is 0.00292. The number of aromatic nitrogens is 1. The molecule has 20 heavy (non-hydrogen) atoms. The van der Waals surface area contributed by atoms with Crippen LogP contribution in [0.2, 0.25) is 0 Å². The predicted molar refractivity (Wildman–Crippen MR) is 73.8 cm³/mol. The lowest BCUT2D eigenvalue weighted by Crippen LogP contribution is -2.40. The second-order valence-electron chi connectivity index (χ2n) is 5.17. The standard InChI is InChI=1S/C14H19N3O3/c1-16-8-4-5-10(16)9-17(2)13(18)12-11(14(19)20)6-3-7-15-12/h3,6-7,10H,4-5,8-9H2,1-2H3,(H,19,20). The third kappa shape index (κ3) is 2.96. The van der Waals surface area contributed by atoms with Gasteiger partial charge in [-0.2, -0.15) is 0 Å². The van der Waals surface area contributed by atoms with Gasteiger partial charge in [0.2, 0.25) is 0 Å². The van der Waals surface area contributed by atoms with Crippen LogP contribution in [-0.4, -0.2) is 65.0 Å². The number of likely N-dealkylation sites (tertiary alicyclic amines) is 1. The van der Waals surface area contributed by atoms with Gasteiger partial charge in [0, 0.05) is 25.8 Å². The van der Waals surface area contributed by atoms with Gasteiger partial charge in [-0.25, -0.2) is 4.79 Å². The molecule has 1 aliphatic heterocycles. The highest BCUT2D eigenvalue weighted by molar-refractivity contribution is 6.03. The minimum Gasteiger partial charge on any atom is -0.478 e. The van der Waals surface area contributed by atoms with Gasteiger partial charge in [-0.1, -0.05) is 0 Å². The van der Waals surface area contributed by atoms with Gasteiger partial charge in [-0.15, -0.1) is 0 Å². The molecule has 1 aromatic heterocycles. The number of likely N-dealkylation sites (N-methyl/N-ethyl adjacent to an activating group) is 2. The second kappa shape index (κ2) is 6.00. The van der Waals surface area contributed by atoms with Crippen LogP contribution < -0.4 is 0 Å². The highest BCUT2D eigenvalue weighted by Gasteiger charge is 2.26. The van der Waals surface area contributed by atoms with Gasteiger partial charge < -0.3 is 14.9 Å². The van der Waals surface area contributed by atoms with Crippen molar-refractivity contribution in [2.45, 2.75) is 18.9 Å². The molecular formula is C14H19N3O3. The maximum Gasteiger partial charge on any atom is 0.338 e. The molecule has 0 bridgehead atoms. The fourth-order valence-electron chi connectivity index (χ4n) is 2.54. The van der Waals surface area contributed by atoms with Crippen LogP contribution in [0.5, 0.6) is 0 Å². The summed E-state index contributed by atoms with van der Waals surface area (Å²) in [5.41, 5.74) is -0.0488.